The summed E-state index contributed by atoms with van der Waals surface area (Å²) in [5.41, 5.74) is 7.76. The van der Waals surface area contributed by atoms with Crippen molar-refractivity contribution in [2.75, 3.05) is 5.73 Å². The van der Waals surface area contributed by atoms with E-state index < -0.39 is 15.3 Å². The van der Waals surface area contributed by atoms with Gasteiger partial charge in [0.2, 0.25) is 10.0 Å². The summed E-state index contributed by atoms with van der Waals surface area (Å²) in [5.74, 6) is 0. The van der Waals surface area contributed by atoms with Gasteiger partial charge in [-0.05, 0) is 29.7 Å². The number of anilines is 1. The molecule has 0 saturated carbocycles. The average Bonchev–Trinajstić information content (AvgIpc) is 2.36. The Kier molecular flexibility index (Phi) is 3.87. The second kappa shape index (κ2) is 5.42. The van der Waals surface area contributed by atoms with Crippen molar-refractivity contribution < 1.29 is 8.42 Å². The normalized spacial score (nSPS) is 13.1. The summed E-state index contributed by atoms with van der Waals surface area (Å²) in [6.45, 7) is 0. The fourth-order valence-electron chi connectivity index (χ4n) is 2.01. The molecule has 0 spiro atoms. The fourth-order valence-corrected chi connectivity index (χ4v) is 2.96. The van der Waals surface area contributed by atoms with E-state index in [1.165, 1.54) is 0 Å². The van der Waals surface area contributed by atoms with E-state index in [0.717, 1.165) is 5.56 Å². The Balaban J connectivity index is 2.38. The predicted octanol–water partition coefficient (Wildman–Crippen LogP) is 1.84. The molecule has 2 rings (SSSR count). The number of hydrogen-bond acceptors (Lipinski definition) is 3. The number of rotatable bonds is 4. The Bertz CT molecular complexity index is 654. The van der Waals surface area contributed by atoms with Crippen LogP contribution in [0.3, 0.4) is 0 Å². The maximum atomic E-state index is 11.8. The molecule has 4 N–H and O–H groups in total. The molecule has 4 nitrogen and oxygen atoms in total. The Labute approximate surface area is 113 Å². The van der Waals surface area contributed by atoms with Crippen LogP contribution in [0, 0.1) is 0 Å². The Morgan fingerprint density at radius 2 is 1.68 bits per heavy atom. The van der Waals surface area contributed by atoms with Crippen LogP contribution in [0.25, 0.3) is 0 Å². The molecule has 0 aliphatic rings. The van der Waals surface area contributed by atoms with Gasteiger partial charge < -0.3 is 5.73 Å². The Morgan fingerprint density at radius 3 is 2.26 bits per heavy atom. The average molecular weight is 276 g/mol. The molecular weight excluding hydrogens is 260 g/mol. The molecule has 0 radical (unpaired) electrons. The molecule has 0 fully saturated rings. The molecule has 0 amide bonds. The summed E-state index contributed by atoms with van der Waals surface area (Å²) in [6.07, 6.45) is 0.336. The lowest BCUT2D eigenvalue weighted by Crippen LogP contribution is -2.23. The second-order valence-electron chi connectivity index (χ2n) is 4.44. The molecule has 5 heteroatoms. The van der Waals surface area contributed by atoms with Crippen molar-refractivity contribution in [2.24, 2.45) is 5.14 Å². The van der Waals surface area contributed by atoms with Crippen LogP contribution in [0.2, 0.25) is 0 Å². The maximum absolute atomic E-state index is 11.8. The fraction of sp³-hybridized carbons (Fsp3) is 0.143. The van der Waals surface area contributed by atoms with E-state index in [-0.39, 0.29) is 0 Å². The van der Waals surface area contributed by atoms with Gasteiger partial charge in [0.15, 0.2) is 0 Å². The molecule has 2 aromatic rings. The van der Waals surface area contributed by atoms with Gasteiger partial charge in [-0.2, -0.15) is 0 Å². The topological polar surface area (TPSA) is 86.2 Å². The SMILES string of the molecule is Nc1cccc(C(Cc2ccccc2)S(N)(=O)=O)c1. The first-order valence-corrected chi connectivity index (χ1v) is 7.49. The number of nitrogens with two attached hydrogens (primary N) is 2. The molecule has 0 aromatic heterocycles. The number of sulfonamides is 1. The molecule has 0 aliphatic carbocycles. The lowest BCUT2D eigenvalue weighted by Gasteiger charge is -2.15. The molecule has 1 atom stereocenters. The van der Waals surface area contributed by atoms with E-state index >= 15 is 0 Å². The summed E-state index contributed by atoms with van der Waals surface area (Å²) < 4.78 is 23.6. The van der Waals surface area contributed by atoms with Gasteiger partial charge >= 0.3 is 0 Å². The third-order valence-electron chi connectivity index (χ3n) is 2.94. The molecule has 0 bridgehead atoms. The standard InChI is InChI=1S/C14H16N2O2S/c15-13-8-4-7-12(10-13)14(19(16,17)18)9-11-5-2-1-3-6-11/h1-8,10,14H,9,15H2,(H2,16,17,18). The van der Waals surface area contributed by atoms with Crippen LogP contribution in [0.4, 0.5) is 5.69 Å². The summed E-state index contributed by atoms with van der Waals surface area (Å²) in [4.78, 5) is 0. The van der Waals surface area contributed by atoms with Crippen molar-refractivity contribution in [2.45, 2.75) is 11.7 Å². The van der Waals surface area contributed by atoms with Crippen LogP contribution in [0.1, 0.15) is 16.4 Å². The molecule has 100 valence electrons. The minimum Gasteiger partial charge on any atom is -0.399 e. The van der Waals surface area contributed by atoms with E-state index in [9.17, 15) is 8.42 Å². The van der Waals surface area contributed by atoms with E-state index in [1.54, 1.807) is 24.3 Å². The number of benzene rings is 2. The monoisotopic (exact) mass is 276 g/mol. The number of hydrogen-bond donors (Lipinski definition) is 2. The van der Waals surface area contributed by atoms with Gasteiger partial charge in [0.05, 0.1) is 0 Å². The lowest BCUT2D eigenvalue weighted by molar-refractivity contribution is 0.582. The molecule has 2 aromatic carbocycles. The summed E-state index contributed by atoms with van der Waals surface area (Å²) >= 11 is 0. The van der Waals surface area contributed by atoms with Gasteiger partial charge in [0.25, 0.3) is 0 Å². The van der Waals surface area contributed by atoms with Crippen LogP contribution in [0.5, 0.6) is 0 Å². The third kappa shape index (κ3) is 3.56. The van der Waals surface area contributed by atoms with Gasteiger partial charge in [0, 0.05) is 5.69 Å². The van der Waals surface area contributed by atoms with Crippen LogP contribution in [-0.2, 0) is 16.4 Å². The Hall–Kier alpha value is -1.85. The van der Waals surface area contributed by atoms with Crippen LogP contribution in [0.15, 0.2) is 54.6 Å². The highest BCUT2D eigenvalue weighted by Crippen LogP contribution is 2.26. The number of nitrogen functional groups attached to an aromatic ring is 1. The van der Waals surface area contributed by atoms with Crippen molar-refractivity contribution in [3.8, 4) is 0 Å². The molecule has 1 unspecified atom stereocenters. The zero-order valence-electron chi connectivity index (χ0n) is 10.4. The van der Waals surface area contributed by atoms with Gasteiger partial charge in [0.1, 0.15) is 5.25 Å². The van der Waals surface area contributed by atoms with E-state index in [4.69, 9.17) is 10.9 Å². The first kappa shape index (κ1) is 13.6. The highest BCUT2D eigenvalue weighted by molar-refractivity contribution is 7.89. The first-order valence-electron chi connectivity index (χ1n) is 5.88. The van der Waals surface area contributed by atoms with E-state index in [2.05, 4.69) is 0 Å². The zero-order chi connectivity index (χ0) is 13.9. The number of primary sulfonamides is 1. The Morgan fingerprint density at radius 1 is 1.00 bits per heavy atom. The smallest absolute Gasteiger partial charge is 0.216 e. The summed E-state index contributed by atoms with van der Waals surface area (Å²) in [6, 6.07) is 16.2. The minimum absolute atomic E-state index is 0.336. The molecule has 0 heterocycles. The highest BCUT2D eigenvalue weighted by Gasteiger charge is 2.24. The molecule has 19 heavy (non-hydrogen) atoms. The van der Waals surface area contributed by atoms with Crippen molar-refractivity contribution in [1.29, 1.82) is 0 Å². The molecule has 0 aliphatic heterocycles. The summed E-state index contributed by atoms with van der Waals surface area (Å²) in [7, 11) is -3.69. The maximum Gasteiger partial charge on any atom is 0.216 e. The lowest BCUT2D eigenvalue weighted by atomic mass is 10.0. The van der Waals surface area contributed by atoms with Gasteiger partial charge in [-0.25, -0.2) is 13.6 Å². The van der Waals surface area contributed by atoms with E-state index in [1.807, 2.05) is 30.3 Å². The minimum atomic E-state index is -3.69. The highest BCUT2D eigenvalue weighted by atomic mass is 32.2. The van der Waals surface area contributed by atoms with Crippen LogP contribution < -0.4 is 10.9 Å². The van der Waals surface area contributed by atoms with Gasteiger partial charge in [-0.1, -0.05) is 42.5 Å². The first-order chi connectivity index (χ1) is 8.97. The van der Waals surface area contributed by atoms with Crippen molar-refractivity contribution in [3.63, 3.8) is 0 Å². The van der Waals surface area contributed by atoms with Gasteiger partial charge in [-0.3, -0.25) is 0 Å². The van der Waals surface area contributed by atoms with Gasteiger partial charge in [-0.15, -0.1) is 0 Å². The third-order valence-corrected chi connectivity index (χ3v) is 4.17. The molecule has 0 saturated heterocycles. The van der Waals surface area contributed by atoms with E-state index in [0.29, 0.717) is 17.7 Å². The summed E-state index contributed by atoms with van der Waals surface area (Å²) in [5, 5.41) is 4.56. The zero-order valence-corrected chi connectivity index (χ0v) is 11.2. The second-order valence-corrected chi connectivity index (χ2v) is 6.18. The van der Waals surface area contributed by atoms with Crippen molar-refractivity contribution in [3.05, 3.63) is 65.7 Å². The molecular formula is C14H16N2O2S. The largest absolute Gasteiger partial charge is 0.399 e. The predicted molar refractivity (Wildman–Crippen MR) is 76.8 cm³/mol. The van der Waals surface area contributed by atoms with Crippen molar-refractivity contribution >= 4 is 15.7 Å². The quantitative estimate of drug-likeness (QED) is 0.835. The van der Waals surface area contributed by atoms with Crippen LogP contribution >= 0.6 is 0 Å². The van der Waals surface area contributed by atoms with Crippen LogP contribution in [-0.4, -0.2) is 8.42 Å². The van der Waals surface area contributed by atoms with Crippen molar-refractivity contribution in [1.82, 2.24) is 0 Å².